The van der Waals surface area contributed by atoms with Crippen LogP contribution < -0.4 is 10.2 Å². The Morgan fingerprint density at radius 1 is 1.42 bits per heavy atom. The Hall–Kier alpha value is -1.09. The van der Waals surface area contributed by atoms with Gasteiger partial charge in [-0.05, 0) is 44.4 Å². The van der Waals surface area contributed by atoms with Crippen LogP contribution in [0.25, 0.3) is 0 Å². The molecule has 2 heterocycles. The van der Waals surface area contributed by atoms with Gasteiger partial charge in [-0.1, -0.05) is 20.8 Å². The Morgan fingerprint density at radius 2 is 2.21 bits per heavy atom. The van der Waals surface area contributed by atoms with E-state index in [1.165, 1.54) is 25.1 Å². The first kappa shape index (κ1) is 14.3. The molecule has 2 rings (SSSR count). The number of hydrogen-bond donors (Lipinski definition) is 1. The van der Waals surface area contributed by atoms with E-state index in [-0.39, 0.29) is 0 Å². The van der Waals surface area contributed by atoms with Crippen molar-refractivity contribution < 1.29 is 0 Å². The molecule has 0 aliphatic carbocycles. The van der Waals surface area contributed by atoms with E-state index < -0.39 is 0 Å². The lowest BCUT2D eigenvalue weighted by Crippen LogP contribution is -2.33. The minimum atomic E-state index is 0.369. The summed E-state index contributed by atoms with van der Waals surface area (Å²) in [5.74, 6) is 0.711. The van der Waals surface area contributed by atoms with Crippen molar-refractivity contribution in [2.24, 2.45) is 5.92 Å². The van der Waals surface area contributed by atoms with E-state index in [9.17, 15) is 0 Å². The maximum Gasteiger partial charge on any atom is 0.0574 e. The van der Waals surface area contributed by atoms with Crippen LogP contribution in [-0.4, -0.2) is 24.6 Å². The zero-order chi connectivity index (χ0) is 13.8. The van der Waals surface area contributed by atoms with Crippen molar-refractivity contribution >= 4 is 5.69 Å². The zero-order valence-corrected chi connectivity index (χ0v) is 12.7. The predicted octanol–water partition coefficient (Wildman–Crippen LogP) is 3.38. The van der Waals surface area contributed by atoms with Crippen LogP contribution in [0.2, 0.25) is 0 Å². The highest BCUT2D eigenvalue weighted by Crippen LogP contribution is 2.29. The number of nitrogens with one attached hydrogen (secondary N) is 1. The van der Waals surface area contributed by atoms with Gasteiger partial charge in [-0.3, -0.25) is 4.98 Å². The highest BCUT2D eigenvalue weighted by molar-refractivity contribution is 5.47. The maximum atomic E-state index is 4.65. The van der Waals surface area contributed by atoms with Gasteiger partial charge in [0.25, 0.3) is 0 Å². The quantitative estimate of drug-likeness (QED) is 0.880. The zero-order valence-electron chi connectivity index (χ0n) is 12.7. The number of aromatic nitrogens is 1. The van der Waals surface area contributed by atoms with Crippen LogP contribution in [0.3, 0.4) is 0 Å². The molecule has 1 saturated heterocycles. The van der Waals surface area contributed by atoms with Gasteiger partial charge in [-0.2, -0.15) is 0 Å². The third-order valence-electron chi connectivity index (χ3n) is 4.28. The van der Waals surface area contributed by atoms with Gasteiger partial charge in [-0.15, -0.1) is 0 Å². The topological polar surface area (TPSA) is 28.2 Å². The van der Waals surface area contributed by atoms with Crippen LogP contribution in [0.1, 0.15) is 51.8 Å². The average Bonchev–Trinajstić information content (AvgIpc) is 2.90. The summed E-state index contributed by atoms with van der Waals surface area (Å²) >= 11 is 0. The van der Waals surface area contributed by atoms with E-state index in [0.29, 0.717) is 18.0 Å². The van der Waals surface area contributed by atoms with Gasteiger partial charge in [-0.25, -0.2) is 0 Å². The van der Waals surface area contributed by atoms with Gasteiger partial charge in [0.15, 0.2) is 0 Å². The van der Waals surface area contributed by atoms with Crippen molar-refractivity contribution in [3.63, 3.8) is 0 Å². The Labute approximate surface area is 117 Å². The monoisotopic (exact) mass is 261 g/mol. The summed E-state index contributed by atoms with van der Waals surface area (Å²) in [6, 6.07) is 5.46. The van der Waals surface area contributed by atoms with E-state index >= 15 is 0 Å². The molecule has 2 atom stereocenters. The Bertz CT molecular complexity index is 381. The first-order valence-corrected chi connectivity index (χ1v) is 7.57. The SMILES string of the molecule is CCC(NC)c1ccc(N2CCCC2C(C)C)cn1. The van der Waals surface area contributed by atoms with Crippen molar-refractivity contribution in [3.05, 3.63) is 24.0 Å². The van der Waals surface area contributed by atoms with Gasteiger partial charge >= 0.3 is 0 Å². The summed E-state index contributed by atoms with van der Waals surface area (Å²) in [7, 11) is 2.00. The molecular formula is C16H27N3. The lowest BCUT2D eigenvalue weighted by atomic mass is 10.0. The fourth-order valence-electron chi connectivity index (χ4n) is 3.14. The van der Waals surface area contributed by atoms with Gasteiger partial charge in [0, 0.05) is 18.6 Å². The average molecular weight is 261 g/mol. The lowest BCUT2D eigenvalue weighted by molar-refractivity contribution is 0.491. The van der Waals surface area contributed by atoms with Crippen molar-refractivity contribution in [3.8, 4) is 0 Å². The van der Waals surface area contributed by atoms with Gasteiger partial charge in [0.1, 0.15) is 0 Å². The number of hydrogen-bond acceptors (Lipinski definition) is 3. The molecule has 0 spiro atoms. The molecule has 3 heteroatoms. The third-order valence-corrected chi connectivity index (χ3v) is 4.28. The van der Waals surface area contributed by atoms with Crippen molar-refractivity contribution in [2.45, 2.75) is 52.1 Å². The molecule has 2 unspecified atom stereocenters. The number of rotatable bonds is 5. The molecule has 106 valence electrons. The normalized spacial score (nSPS) is 21.1. The first-order chi connectivity index (χ1) is 9.17. The van der Waals surface area contributed by atoms with Crippen LogP contribution in [0, 0.1) is 5.92 Å². The van der Waals surface area contributed by atoms with E-state index in [0.717, 1.165) is 12.1 Å². The Morgan fingerprint density at radius 3 is 2.74 bits per heavy atom. The Balaban J connectivity index is 2.14. The predicted molar refractivity (Wildman–Crippen MR) is 81.5 cm³/mol. The molecule has 1 aliphatic rings. The summed E-state index contributed by atoms with van der Waals surface area (Å²) < 4.78 is 0. The van der Waals surface area contributed by atoms with Crippen LogP contribution in [0.4, 0.5) is 5.69 Å². The minimum Gasteiger partial charge on any atom is -0.367 e. The highest BCUT2D eigenvalue weighted by Gasteiger charge is 2.27. The number of pyridine rings is 1. The fraction of sp³-hybridized carbons (Fsp3) is 0.688. The summed E-state index contributed by atoms with van der Waals surface area (Å²) in [5, 5.41) is 3.31. The second-order valence-electron chi connectivity index (χ2n) is 5.84. The van der Waals surface area contributed by atoms with E-state index in [1.54, 1.807) is 0 Å². The smallest absolute Gasteiger partial charge is 0.0574 e. The lowest BCUT2D eigenvalue weighted by Gasteiger charge is -2.29. The van der Waals surface area contributed by atoms with E-state index in [2.05, 4.69) is 54.3 Å². The van der Waals surface area contributed by atoms with Crippen LogP contribution in [-0.2, 0) is 0 Å². The number of anilines is 1. The van der Waals surface area contributed by atoms with Crippen molar-refractivity contribution in [1.82, 2.24) is 10.3 Å². The largest absolute Gasteiger partial charge is 0.367 e. The molecule has 1 aromatic heterocycles. The standard InChI is InChI=1S/C16H27N3/c1-5-14(17-4)15-9-8-13(11-18-15)19-10-6-7-16(19)12(2)3/h8-9,11-12,14,16-17H,5-7,10H2,1-4H3. The number of nitrogens with zero attached hydrogens (tertiary/aromatic N) is 2. The van der Waals surface area contributed by atoms with Gasteiger partial charge in [0.05, 0.1) is 17.6 Å². The van der Waals surface area contributed by atoms with Crippen molar-refractivity contribution in [2.75, 3.05) is 18.5 Å². The summed E-state index contributed by atoms with van der Waals surface area (Å²) in [4.78, 5) is 7.18. The first-order valence-electron chi connectivity index (χ1n) is 7.57. The Kier molecular flexibility index (Phi) is 4.81. The van der Waals surface area contributed by atoms with Crippen LogP contribution >= 0.6 is 0 Å². The maximum absolute atomic E-state index is 4.65. The molecule has 19 heavy (non-hydrogen) atoms. The second kappa shape index (κ2) is 6.38. The summed E-state index contributed by atoms with van der Waals surface area (Å²) in [6.07, 6.45) is 5.74. The molecule has 0 aromatic carbocycles. The molecule has 1 fully saturated rings. The second-order valence-corrected chi connectivity index (χ2v) is 5.84. The van der Waals surface area contributed by atoms with E-state index in [4.69, 9.17) is 0 Å². The third kappa shape index (κ3) is 3.08. The minimum absolute atomic E-state index is 0.369. The molecule has 3 nitrogen and oxygen atoms in total. The van der Waals surface area contributed by atoms with Gasteiger partial charge < -0.3 is 10.2 Å². The fourth-order valence-corrected chi connectivity index (χ4v) is 3.14. The molecule has 0 bridgehead atoms. The molecule has 1 aliphatic heterocycles. The van der Waals surface area contributed by atoms with Crippen LogP contribution in [0.15, 0.2) is 18.3 Å². The molecule has 0 saturated carbocycles. The van der Waals surface area contributed by atoms with E-state index in [1.807, 2.05) is 7.05 Å². The molecular weight excluding hydrogens is 234 g/mol. The molecule has 0 amide bonds. The summed E-state index contributed by atoms with van der Waals surface area (Å²) in [6.45, 7) is 8.00. The van der Waals surface area contributed by atoms with Crippen molar-refractivity contribution in [1.29, 1.82) is 0 Å². The molecule has 1 N–H and O–H groups in total. The molecule has 1 aromatic rings. The molecule has 0 radical (unpaired) electrons. The van der Waals surface area contributed by atoms with Crippen LogP contribution in [0.5, 0.6) is 0 Å². The van der Waals surface area contributed by atoms with Gasteiger partial charge in [0.2, 0.25) is 0 Å². The summed E-state index contributed by atoms with van der Waals surface area (Å²) in [5.41, 5.74) is 2.43. The highest BCUT2D eigenvalue weighted by atomic mass is 15.2.